The van der Waals surface area contributed by atoms with Crippen molar-refractivity contribution < 1.29 is 27.1 Å². The summed E-state index contributed by atoms with van der Waals surface area (Å²) in [6.45, 7) is 3.68. The molecule has 20 heavy (non-hydrogen) atoms. The van der Waals surface area contributed by atoms with E-state index in [4.69, 9.17) is 0 Å². The molecule has 110 valence electrons. The molecule has 0 aliphatic carbocycles. The number of carbonyl (C=O) groups is 1. The normalized spacial score (nSPS) is 30.4. The van der Waals surface area contributed by atoms with Gasteiger partial charge in [0.1, 0.15) is 5.82 Å². The molecule has 1 aliphatic rings. The molecule has 0 aromatic heterocycles. The first-order chi connectivity index (χ1) is 9.08. The van der Waals surface area contributed by atoms with Gasteiger partial charge in [0.2, 0.25) is 5.60 Å². The summed E-state index contributed by atoms with van der Waals surface area (Å²) in [5.74, 6) is -3.52. The van der Waals surface area contributed by atoms with Crippen molar-refractivity contribution in [3.8, 4) is 0 Å². The number of hydrogen-bond acceptors (Lipinski definition) is 2. The third-order valence-electron chi connectivity index (χ3n) is 4.04. The highest BCUT2D eigenvalue weighted by atomic mass is 19.4. The molecule has 0 N–H and O–H groups in total. The first-order valence-electron chi connectivity index (χ1n) is 6.13. The number of halogens is 4. The molecule has 0 saturated carbocycles. The predicted octanol–water partition coefficient (Wildman–Crippen LogP) is 3.73. The van der Waals surface area contributed by atoms with Crippen LogP contribution >= 0.6 is 0 Å². The lowest BCUT2D eigenvalue weighted by molar-refractivity contribution is -0.262. The molecule has 0 spiro atoms. The minimum atomic E-state index is -4.65. The lowest BCUT2D eigenvalue weighted by Crippen LogP contribution is -2.46. The van der Waals surface area contributed by atoms with Crippen LogP contribution < -0.4 is 0 Å². The second kappa shape index (κ2) is 4.46. The van der Waals surface area contributed by atoms with Crippen LogP contribution in [-0.4, -0.2) is 17.7 Å². The van der Waals surface area contributed by atoms with Gasteiger partial charge in [0.25, 0.3) is 0 Å². The molecular weight excluding hydrogens is 276 g/mol. The van der Waals surface area contributed by atoms with E-state index in [2.05, 4.69) is 4.74 Å². The van der Waals surface area contributed by atoms with Crippen molar-refractivity contribution in [1.29, 1.82) is 0 Å². The molecule has 6 heteroatoms. The van der Waals surface area contributed by atoms with Crippen molar-refractivity contribution in [2.45, 2.75) is 38.5 Å². The average molecular weight is 290 g/mol. The number of rotatable bonds is 1. The Labute approximate surface area is 113 Å². The molecule has 1 heterocycles. The summed E-state index contributed by atoms with van der Waals surface area (Å²) in [7, 11) is 0. The van der Waals surface area contributed by atoms with Gasteiger partial charge in [-0.3, -0.25) is 4.79 Å². The molecule has 1 aromatic carbocycles. The lowest BCUT2D eigenvalue weighted by atomic mass is 9.79. The fourth-order valence-electron chi connectivity index (χ4n) is 2.49. The van der Waals surface area contributed by atoms with Crippen LogP contribution in [0.2, 0.25) is 0 Å². The first kappa shape index (κ1) is 14.8. The van der Waals surface area contributed by atoms with Crippen molar-refractivity contribution in [2.75, 3.05) is 0 Å². The Hall–Kier alpha value is -1.59. The quantitative estimate of drug-likeness (QED) is 0.582. The van der Waals surface area contributed by atoms with Crippen LogP contribution in [0.25, 0.3) is 0 Å². The van der Waals surface area contributed by atoms with Crippen LogP contribution in [0.5, 0.6) is 0 Å². The third kappa shape index (κ3) is 2.07. The molecule has 1 aliphatic heterocycles. The number of carbonyl (C=O) groups excluding carboxylic acids is 1. The highest BCUT2D eigenvalue weighted by Gasteiger charge is 2.65. The molecule has 0 amide bonds. The largest absolute Gasteiger partial charge is 0.449 e. The van der Waals surface area contributed by atoms with Gasteiger partial charge in [-0.1, -0.05) is 19.1 Å². The van der Waals surface area contributed by atoms with Gasteiger partial charge in [-0.15, -0.1) is 0 Å². The zero-order chi connectivity index (χ0) is 15.3. The standard InChI is InChI=1S/C14H14F4O2/c1-7-6-9(4-5-10(7)15)11-8(2)13(3,14(16,17)18)20-12(11)19/h4-6,8,11H,1-3H3/t8-,11+,13+/m0/s1. The number of alkyl halides is 3. The highest BCUT2D eigenvalue weighted by molar-refractivity contribution is 5.81. The van der Waals surface area contributed by atoms with E-state index in [0.29, 0.717) is 5.56 Å². The molecular formula is C14H14F4O2. The van der Waals surface area contributed by atoms with E-state index in [9.17, 15) is 22.4 Å². The lowest BCUT2D eigenvalue weighted by Gasteiger charge is -2.30. The van der Waals surface area contributed by atoms with Crippen LogP contribution in [0, 0.1) is 18.7 Å². The van der Waals surface area contributed by atoms with Gasteiger partial charge in [-0.2, -0.15) is 13.2 Å². The third-order valence-corrected chi connectivity index (χ3v) is 4.04. The van der Waals surface area contributed by atoms with E-state index >= 15 is 0 Å². The average Bonchev–Trinajstić information content (AvgIpc) is 2.54. The van der Waals surface area contributed by atoms with E-state index in [1.165, 1.54) is 26.0 Å². The van der Waals surface area contributed by atoms with Crippen molar-refractivity contribution in [1.82, 2.24) is 0 Å². The molecule has 3 atom stereocenters. The Morgan fingerprint density at radius 3 is 2.35 bits per heavy atom. The zero-order valence-corrected chi connectivity index (χ0v) is 11.2. The summed E-state index contributed by atoms with van der Waals surface area (Å²) >= 11 is 0. The molecule has 2 rings (SSSR count). The second-order valence-corrected chi connectivity index (χ2v) is 5.30. The fraction of sp³-hybridized carbons (Fsp3) is 0.500. The van der Waals surface area contributed by atoms with Crippen molar-refractivity contribution in [3.05, 3.63) is 35.1 Å². The zero-order valence-electron chi connectivity index (χ0n) is 11.2. The van der Waals surface area contributed by atoms with Crippen LogP contribution in [0.3, 0.4) is 0 Å². The van der Waals surface area contributed by atoms with E-state index in [1.807, 2.05) is 0 Å². The van der Waals surface area contributed by atoms with E-state index in [1.54, 1.807) is 0 Å². The Morgan fingerprint density at radius 2 is 1.90 bits per heavy atom. The number of hydrogen-bond donors (Lipinski definition) is 0. The topological polar surface area (TPSA) is 26.3 Å². The van der Waals surface area contributed by atoms with E-state index < -0.39 is 35.4 Å². The van der Waals surface area contributed by atoms with Gasteiger partial charge in [0, 0.05) is 5.92 Å². The van der Waals surface area contributed by atoms with Gasteiger partial charge in [0.05, 0.1) is 5.92 Å². The molecule has 1 aromatic rings. The number of ether oxygens (including phenoxy) is 1. The van der Waals surface area contributed by atoms with Crippen LogP contribution in [0.1, 0.15) is 30.9 Å². The maximum absolute atomic E-state index is 13.2. The van der Waals surface area contributed by atoms with Crippen molar-refractivity contribution in [2.24, 2.45) is 5.92 Å². The summed E-state index contributed by atoms with van der Waals surface area (Å²) in [6, 6.07) is 3.86. The number of cyclic esters (lactones) is 1. The molecule has 0 radical (unpaired) electrons. The summed E-state index contributed by atoms with van der Waals surface area (Å²) in [6.07, 6.45) is -4.65. The Morgan fingerprint density at radius 1 is 1.30 bits per heavy atom. The van der Waals surface area contributed by atoms with E-state index in [-0.39, 0.29) is 5.56 Å². The molecule has 1 saturated heterocycles. The minimum absolute atomic E-state index is 0.281. The summed E-state index contributed by atoms with van der Waals surface area (Å²) in [5.41, 5.74) is -1.89. The smallest absolute Gasteiger partial charge is 0.428 e. The minimum Gasteiger partial charge on any atom is -0.449 e. The number of aryl methyl sites for hydroxylation is 1. The summed E-state index contributed by atoms with van der Waals surface area (Å²) in [4.78, 5) is 11.8. The molecule has 2 nitrogen and oxygen atoms in total. The molecule has 0 bridgehead atoms. The molecule has 1 fully saturated rings. The number of benzene rings is 1. The maximum Gasteiger partial charge on any atom is 0.428 e. The van der Waals surface area contributed by atoms with Crippen LogP contribution in [0.15, 0.2) is 18.2 Å². The monoisotopic (exact) mass is 290 g/mol. The van der Waals surface area contributed by atoms with Crippen molar-refractivity contribution in [3.63, 3.8) is 0 Å². The van der Waals surface area contributed by atoms with Gasteiger partial charge in [0.15, 0.2) is 0 Å². The first-order valence-corrected chi connectivity index (χ1v) is 6.13. The predicted molar refractivity (Wildman–Crippen MR) is 63.6 cm³/mol. The van der Waals surface area contributed by atoms with Crippen molar-refractivity contribution >= 4 is 5.97 Å². The maximum atomic E-state index is 13.2. The van der Waals surface area contributed by atoms with Gasteiger partial charge in [-0.25, -0.2) is 4.39 Å². The summed E-state index contributed by atoms with van der Waals surface area (Å²) < 4.78 is 57.0. The highest BCUT2D eigenvalue weighted by Crippen LogP contribution is 2.50. The Balaban J connectivity index is 2.43. The SMILES string of the molecule is Cc1cc([C@@H]2C(=O)O[C@@](C)(C(F)(F)F)[C@H]2C)ccc1F. The van der Waals surface area contributed by atoms with Gasteiger partial charge < -0.3 is 4.74 Å². The van der Waals surface area contributed by atoms with Gasteiger partial charge in [-0.05, 0) is 31.0 Å². The van der Waals surface area contributed by atoms with Gasteiger partial charge >= 0.3 is 12.1 Å². The van der Waals surface area contributed by atoms with Crippen LogP contribution in [0.4, 0.5) is 17.6 Å². The Bertz CT molecular complexity index is 553. The Kier molecular flexibility index (Phi) is 3.31. The number of esters is 1. The molecule has 0 unspecified atom stereocenters. The fourth-order valence-corrected chi connectivity index (χ4v) is 2.49. The summed E-state index contributed by atoms with van der Waals surface area (Å²) in [5, 5.41) is 0. The van der Waals surface area contributed by atoms with E-state index in [0.717, 1.165) is 13.0 Å². The van der Waals surface area contributed by atoms with Crippen LogP contribution in [-0.2, 0) is 9.53 Å². The second-order valence-electron chi connectivity index (χ2n) is 5.30.